The number of carbonyl (C=O) groups is 1. The van der Waals surface area contributed by atoms with Crippen molar-refractivity contribution < 1.29 is 41.0 Å². The molecule has 5 nitrogen and oxygen atoms in total. The summed E-state index contributed by atoms with van der Waals surface area (Å²) in [6.07, 6.45) is 5.54. The van der Waals surface area contributed by atoms with Crippen LogP contribution in [0.1, 0.15) is 72.6 Å². The number of benzene rings is 1. The Morgan fingerprint density at radius 1 is 0.818 bits per heavy atom. The van der Waals surface area contributed by atoms with Crippen molar-refractivity contribution in [3.63, 3.8) is 0 Å². The first-order valence-electron chi connectivity index (χ1n) is 11.4. The molecule has 1 aromatic rings. The van der Waals surface area contributed by atoms with Gasteiger partial charge in [0.2, 0.25) is 34.8 Å². The third kappa shape index (κ3) is 8.41. The number of nitrogens with one attached hydrogen (secondary N) is 1. The molecule has 0 heterocycles. The van der Waals surface area contributed by atoms with Crippen LogP contribution in [-0.2, 0) is 9.47 Å². The van der Waals surface area contributed by atoms with Crippen LogP contribution in [-0.4, -0.2) is 31.6 Å². The minimum absolute atomic E-state index is 0.0559. The summed E-state index contributed by atoms with van der Waals surface area (Å²) in [5, 5.41) is 2.33. The molecule has 10 heteroatoms. The molecule has 1 N–H and O–H groups in total. The molecule has 1 aromatic carbocycles. The van der Waals surface area contributed by atoms with Crippen LogP contribution in [0.3, 0.4) is 0 Å². The lowest BCUT2D eigenvalue weighted by atomic mass is 9.92. The van der Waals surface area contributed by atoms with Gasteiger partial charge in [-0.2, -0.15) is 8.78 Å². The second-order valence-electron chi connectivity index (χ2n) is 7.80. The van der Waals surface area contributed by atoms with Crippen molar-refractivity contribution in [1.82, 2.24) is 5.32 Å². The van der Waals surface area contributed by atoms with E-state index >= 15 is 0 Å². The topological polar surface area (TPSA) is 56.8 Å². The first-order valence-corrected chi connectivity index (χ1v) is 11.4. The summed E-state index contributed by atoms with van der Waals surface area (Å²) >= 11 is 0. The Bertz CT molecular complexity index is 728. The summed E-state index contributed by atoms with van der Waals surface area (Å²) < 4.78 is 83.4. The molecule has 1 amide bonds. The zero-order valence-corrected chi connectivity index (χ0v) is 19.7. The molecule has 1 rings (SSSR count). The number of hydrogen-bond acceptors (Lipinski definition) is 4. The van der Waals surface area contributed by atoms with Crippen molar-refractivity contribution in [2.45, 2.75) is 78.4 Å². The van der Waals surface area contributed by atoms with Gasteiger partial charge in [0.05, 0.1) is 0 Å². The van der Waals surface area contributed by atoms with Crippen LogP contribution >= 0.6 is 0 Å². The van der Waals surface area contributed by atoms with Crippen LogP contribution in [0.4, 0.5) is 26.7 Å². The van der Waals surface area contributed by atoms with Gasteiger partial charge in [-0.3, -0.25) is 0 Å². The molecule has 0 aliphatic heterocycles. The first-order chi connectivity index (χ1) is 15.6. The normalized spacial score (nSPS) is 12.6. The van der Waals surface area contributed by atoms with Crippen molar-refractivity contribution in [3.05, 3.63) is 29.1 Å². The second kappa shape index (κ2) is 14.3. The smallest absolute Gasteiger partial charge is 0.404 e. The number of carbonyl (C=O) groups excluding carboxylic acids is 1. The van der Waals surface area contributed by atoms with Gasteiger partial charge < -0.3 is 19.5 Å². The molecule has 0 fully saturated rings. The monoisotopic (exact) mass is 483 g/mol. The molecule has 0 radical (unpaired) electrons. The Kier molecular flexibility index (Phi) is 12.7. The Morgan fingerprint density at radius 3 is 1.82 bits per heavy atom. The molecule has 0 bridgehead atoms. The van der Waals surface area contributed by atoms with Gasteiger partial charge in [-0.15, -0.1) is 0 Å². The summed E-state index contributed by atoms with van der Waals surface area (Å²) in [5.41, 5.74) is 0. The summed E-state index contributed by atoms with van der Waals surface area (Å²) in [4.78, 5) is 12.1. The zero-order chi connectivity index (χ0) is 25.0. The van der Waals surface area contributed by atoms with E-state index in [4.69, 9.17) is 9.47 Å². The molecule has 0 saturated carbocycles. The third-order valence-electron chi connectivity index (χ3n) is 5.37. The summed E-state index contributed by atoms with van der Waals surface area (Å²) in [7, 11) is 0. The van der Waals surface area contributed by atoms with Crippen molar-refractivity contribution in [2.75, 3.05) is 19.8 Å². The van der Waals surface area contributed by atoms with Crippen LogP contribution in [0.15, 0.2) is 0 Å². The molecule has 0 spiro atoms. The average Bonchev–Trinajstić information content (AvgIpc) is 2.78. The Morgan fingerprint density at radius 2 is 1.30 bits per heavy atom. The van der Waals surface area contributed by atoms with Crippen LogP contribution in [0.5, 0.6) is 5.75 Å². The van der Waals surface area contributed by atoms with Gasteiger partial charge in [0.25, 0.3) is 0 Å². The summed E-state index contributed by atoms with van der Waals surface area (Å²) in [6, 6.07) is 0. The van der Waals surface area contributed by atoms with E-state index in [0.717, 1.165) is 38.5 Å². The number of hydrogen-bond donors (Lipinski definition) is 1. The number of halogens is 5. The van der Waals surface area contributed by atoms with Gasteiger partial charge in [-0.1, -0.05) is 45.4 Å². The van der Waals surface area contributed by atoms with Gasteiger partial charge in [-0.25, -0.2) is 18.0 Å². The third-order valence-corrected chi connectivity index (χ3v) is 5.37. The lowest BCUT2D eigenvalue weighted by Gasteiger charge is -2.37. The summed E-state index contributed by atoms with van der Waals surface area (Å²) in [6.45, 7) is 8.09. The molecule has 190 valence electrons. The van der Waals surface area contributed by atoms with E-state index in [0.29, 0.717) is 19.6 Å². The molecule has 0 saturated heterocycles. The molecular formula is C23H34F5NO4. The van der Waals surface area contributed by atoms with E-state index in [1.807, 2.05) is 0 Å². The molecule has 0 aromatic heterocycles. The standard InChI is InChI=1S/C23H34F5NO4/c1-5-8-9-10-11-12-13-15(23(4,31-6-2)32-7-3)14-29-22(30)33-21-19(27)17(25)16(24)18(26)20(21)28/h15H,5-14H2,1-4H3,(H,29,30). The zero-order valence-electron chi connectivity index (χ0n) is 19.7. The van der Waals surface area contributed by atoms with E-state index in [1.165, 1.54) is 0 Å². The van der Waals surface area contributed by atoms with Crippen LogP contribution in [0.25, 0.3) is 0 Å². The van der Waals surface area contributed by atoms with Crippen LogP contribution < -0.4 is 10.1 Å². The Labute approximate surface area is 192 Å². The Balaban J connectivity index is 2.87. The number of unbranched alkanes of at least 4 members (excludes halogenated alkanes) is 5. The maximum absolute atomic E-state index is 13.8. The van der Waals surface area contributed by atoms with Crippen LogP contribution in [0, 0.1) is 35.0 Å². The predicted octanol–water partition coefficient (Wildman–Crippen LogP) is 6.63. The average molecular weight is 484 g/mol. The maximum atomic E-state index is 13.8. The van der Waals surface area contributed by atoms with Gasteiger partial charge in [0.15, 0.2) is 5.79 Å². The predicted molar refractivity (Wildman–Crippen MR) is 113 cm³/mol. The molecule has 1 unspecified atom stereocenters. The van der Waals surface area contributed by atoms with Gasteiger partial charge >= 0.3 is 6.09 Å². The molecular weight excluding hydrogens is 449 g/mol. The fourth-order valence-corrected chi connectivity index (χ4v) is 3.58. The molecule has 0 aliphatic rings. The number of ether oxygens (including phenoxy) is 3. The number of amides is 1. The van der Waals surface area contributed by atoms with Crippen molar-refractivity contribution in [3.8, 4) is 5.75 Å². The second-order valence-corrected chi connectivity index (χ2v) is 7.80. The van der Waals surface area contributed by atoms with Crippen LogP contribution in [0.2, 0.25) is 0 Å². The molecule has 33 heavy (non-hydrogen) atoms. The lowest BCUT2D eigenvalue weighted by Crippen LogP contribution is -2.47. The summed E-state index contributed by atoms with van der Waals surface area (Å²) in [5.74, 6) is -14.2. The highest BCUT2D eigenvalue weighted by atomic mass is 19.2. The van der Waals surface area contributed by atoms with Crippen molar-refractivity contribution in [1.29, 1.82) is 0 Å². The van der Waals surface area contributed by atoms with Crippen molar-refractivity contribution in [2.24, 2.45) is 5.92 Å². The van der Waals surface area contributed by atoms with Gasteiger partial charge in [0.1, 0.15) is 0 Å². The maximum Gasteiger partial charge on any atom is 0.412 e. The van der Waals surface area contributed by atoms with E-state index in [2.05, 4.69) is 17.0 Å². The fourth-order valence-electron chi connectivity index (χ4n) is 3.58. The SMILES string of the molecule is CCCCCCCCC(CNC(=O)Oc1c(F)c(F)c(F)c(F)c1F)C(C)(OCC)OCC. The minimum Gasteiger partial charge on any atom is -0.404 e. The van der Waals surface area contributed by atoms with Crippen molar-refractivity contribution >= 4 is 6.09 Å². The highest BCUT2D eigenvalue weighted by Crippen LogP contribution is 2.30. The minimum atomic E-state index is -2.33. The van der Waals surface area contributed by atoms with E-state index in [9.17, 15) is 26.7 Å². The molecule has 0 aliphatic carbocycles. The quantitative estimate of drug-likeness (QED) is 0.100. The number of rotatable bonds is 15. The lowest BCUT2D eigenvalue weighted by molar-refractivity contribution is -0.252. The Hall–Kier alpha value is -1.94. The fraction of sp³-hybridized carbons (Fsp3) is 0.696. The molecule has 1 atom stereocenters. The highest BCUT2D eigenvalue weighted by molar-refractivity contribution is 5.70. The van der Waals surface area contributed by atoms with E-state index in [1.54, 1.807) is 20.8 Å². The highest BCUT2D eigenvalue weighted by Gasteiger charge is 2.36. The largest absolute Gasteiger partial charge is 0.412 e. The van der Waals surface area contributed by atoms with E-state index in [-0.39, 0.29) is 12.5 Å². The van der Waals surface area contributed by atoms with E-state index < -0.39 is 46.7 Å². The van der Waals surface area contributed by atoms with Gasteiger partial charge in [-0.05, 0) is 27.2 Å². The van der Waals surface area contributed by atoms with Gasteiger partial charge in [0, 0.05) is 25.7 Å². The first kappa shape index (κ1) is 29.1.